The third-order valence-corrected chi connectivity index (χ3v) is 5.54. The predicted molar refractivity (Wildman–Crippen MR) is 131 cm³/mol. The summed E-state index contributed by atoms with van der Waals surface area (Å²) in [6, 6.07) is 16.0. The molecule has 0 aromatic heterocycles. The van der Waals surface area contributed by atoms with Crippen molar-refractivity contribution in [3.63, 3.8) is 0 Å². The topological polar surface area (TPSA) is 78.0 Å². The molecule has 32 heavy (non-hydrogen) atoms. The minimum atomic E-state index is -0.135. The van der Waals surface area contributed by atoms with E-state index < -0.39 is 0 Å². The summed E-state index contributed by atoms with van der Waals surface area (Å²) in [7, 11) is 1.59. The second-order valence-electron chi connectivity index (χ2n) is 7.90. The van der Waals surface area contributed by atoms with E-state index in [1.54, 1.807) is 25.3 Å². The number of methoxy groups -OCH3 is 1. The lowest BCUT2D eigenvalue weighted by Gasteiger charge is -2.22. The first kappa shape index (κ1) is 23.4. The van der Waals surface area contributed by atoms with E-state index in [1.165, 1.54) is 24.1 Å². The summed E-state index contributed by atoms with van der Waals surface area (Å²) in [5, 5.41) is 9.67. The van der Waals surface area contributed by atoms with Crippen LogP contribution in [0, 0.1) is 0 Å². The third kappa shape index (κ3) is 6.64. The van der Waals surface area contributed by atoms with Gasteiger partial charge in [0.25, 0.3) is 5.91 Å². The summed E-state index contributed by atoms with van der Waals surface area (Å²) < 4.78 is 5.18. The van der Waals surface area contributed by atoms with Gasteiger partial charge < -0.3 is 25.6 Å². The Morgan fingerprint density at radius 1 is 1.12 bits per heavy atom. The molecule has 1 unspecified atom stereocenters. The van der Waals surface area contributed by atoms with Crippen LogP contribution in [0.4, 0.5) is 5.69 Å². The number of ether oxygens (including phenoxy) is 1. The summed E-state index contributed by atoms with van der Waals surface area (Å²) in [5.41, 5.74) is 3.09. The Labute approximate surface area is 191 Å². The Morgan fingerprint density at radius 2 is 1.91 bits per heavy atom. The lowest BCUT2D eigenvalue weighted by atomic mass is 10.1. The number of benzene rings is 2. The molecular formula is C25H35N5O2. The summed E-state index contributed by atoms with van der Waals surface area (Å²) in [6.07, 6.45) is 2.53. The lowest BCUT2D eigenvalue weighted by molar-refractivity contribution is 0.0954. The van der Waals surface area contributed by atoms with Gasteiger partial charge in [-0.05, 0) is 62.6 Å². The molecule has 1 amide bonds. The number of hydrogen-bond acceptors (Lipinski definition) is 4. The number of rotatable bonds is 9. The lowest BCUT2D eigenvalue weighted by Crippen LogP contribution is -2.39. The van der Waals surface area contributed by atoms with Crippen molar-refractivity contribution in [2.24, 2.45) is 4.99 Å². The number of hydrogen-bond donors (Lipinski definition) is 3. The van der Waals surface area contributed by atoms with Crippen molar-refractivity contribution in [2.75, 3.05) is 44.7 Å². The monoisotopic (exact) mass is 437 g/mol. The van der Waals surface area contributed by atoms with Gasteiger partial charge in [0.2, 0.25) is 0 Å². The maximum atomic E-state index is 12.3. The zero-order valence-corrected chi connectivity index (χ0v) is 19.4. The number of aliphatic imine (C=N–C) groups is 1. The fourth-order valence-electron chi connectivity index (χ4n) is 3.78. The van der Waals surface area contributed by atoms with E-state index in [9.17, 15) is 4.79 Å². The molecule has 2 aromatic carbocycles. The highest BCUT2D eigenvalue weighted by atomic mass is 16.5. The molecule has 0 aliphatic carbocycles. The molecular weight excluding hydrogens is 402 g/mol. The number of guanidine groups is 1. The van der Waals surface area contributed by atoms with Crippen LogP contribution in [-0.2, 0) is 0 Å². The summed E-state index contributed by atoms with van der Waals surface area (Å²) in [5.74, 6) is 1.27. The number of carbonyl (C=O) groups excluding carboxylic acids is 1. The predicted octanol–water partition coefficient (Wildman–Crippen LogP) is 3.34. The molecule has 1 aliphatic rings. The van der Waals surface area contributed by atoms with Crippen LogP contribution >= 0.6 is 0 Å². The molecule has 0 radical (unpaired) electrons. The van der Waals surface area contributed by atoms with Gasteiger partial charge in [0.1, 0.15) is 5.75 Å². The molecule has 3 rings (SSSR count). The molecule has 0 saturated carbocycles. The number of carbonyl (C=O) groups is 1. The average molecular weight is 438 g/mol. The van der Waals surface area contributed by atoms with Gasteiger partial charge in [-0.2, -0.15) is 0 Å². The third-order valence-electron chi connectivity index (χ3n) is 5.54. The van der Waals surface area contributed by atoms with E-state index in [-0.39, 0.29) is 11.9 Å². The van der Waals surface area contributed by atoms with Crippen LogP contribution in [0.15, 0.2) is 53.5 Å². The van der Waals surface area contributed by atoms with Gasteiger partial charge in [-0.3, -0.25) is 9.79 Å². The normalized spacial score (nSPS) is 14.7. The zero-order chi connectivity index (χ0) is 22.8. The smallest absolute Gasteiger partial charge is 0.251 e. The Morgan fingerprint density at radius 3 is 2.66 bits per heavy atom. The molecule has 7 heteroatoms. The molecule has 1 atom stereocenters. The number of nitrogens with zero attached hydrogens (tertiary/aromatic N) is 2. The molecule has 1 heterocycles. The summed E-state index contributed by atoms with van der Waals surface area (Å²) in [6.45, 7) is 8.15. The van der Waals surface area contributed by atoms with Crippen LogP contribution in [-0.4, -0.2) is 51.7 Å². The molecule has 2 aromatic rings. The minimum absolute atomic E-state index is 0.113. The molecule has 0 spiro atoms. The van der Waals surface area contributed by atoms with Crippen LogP contribution in [0.1, 0.15) is 48.7 Å². The van der Waals surface area contributed by atoms with Crippen molar-refractivity contribution < 1.29 is 9.53 Å². The maximum Gasteiger partial charge on any atom is 0.251 e. The van der Waals surface area contributed by atoms with Gasteiger partial charge in [-0.1, -0.05) is 18.2 Å². The molecule has 7 nitrogen and oxygen atoms in total. The SMILES string of the molecule is CCNC(=NCCNC(=O)c1cccc(OC)c1)NC(C)c1cccc(N2CCCC2)c1. The van der Waals surface area contributed by atoms with Crippen LogP contribution < -0.4 is 25.6 Å². The highest BCUT2D eigenvalue weighted by Crippen LogP contribution is 2.24. The largest absolute Gasteiger partial charge is 0.497 e. The quantitative estimate of drug-likeness (QED) is 0.319. The van der Waals surface area contributed by atoms with Gasteiger partial charge in [-0.25, -0.2) is 0 Å². The highest BCUT2D eigenvalue weighted by molar-refractivity contribution is 5.94. The standard InChI is InChI=1S/C25H35N5O2/c1-4-26-25(28-14-13-27-24(31)21-10-8-12-23(18-21)32-3)29-19(2)20-9-7-11-22(17-20)30-15-5-6-16-30/h7-12,17-19H,4-6,13-16H2,1-3H3,(H,27,31)(H2,26,28,29). The second-order valence-corrected chi connectivity index (χ2v) is 7.90. The molecule has 1 fully saturated rings. The van der Waals surface area contributed by atoms with Crippen LogP contribution in [0.3, 0.4) is 0 Å². The fraction of sp³-hybridized carbons (Fsp3) is 0.440. The van der Waals surface area contributed by atoms with Gasteiger partial charge in [0.15, 0.2) is 5.96 Å². The summed E-state index contributed by atoms with van der Waals surface area (Å²) in [4.78, 5) is 19.4. The Hall–Kier alpha value is -3.22. The van der Waals surface area contributed by atoms with Gasteiger partial charge in [0, 0.05) is 37.4 Å². The zero-order valence-electron chi connectivity index (χ0n) is 19.4. The van der Waals surface area contributed by atoms with Crippen LogP contribution in [0.25, 0.3) is 0 Å². The van der Waals surface area contributed by atoms with E-state index in [0.717, 1.165) is 25.6 Å². The van der Waals surface area contributed by atoms with Crippen molar-refractivity contribution in [3.05, 3.63) is 59.7 Å². The Balaban J connectivity index is 1.54. The second kappa shape index (κ2) is 12.0. The maximum absolute atomic E-state index is 12.3. The Bertz CT molecular complexity index is 909. The Kier molecular flexibility index (Phi) is 8.78. The highest BCUT2D eigenvalue weighted by Gasteiger charge is 2.14. The molecule has 0 bridgehead atoms. The van der Waals surface area contributed by atoms with E-state index in [2.05, 4.69) is 57.0 Å². The molecule has 1 aliphatic heterocycles. The van der Waals surface area contributed by atoms with Gasteiger partial charge in [0.05, 0.1) is 19.7 Å². The average Bonchev–Trinajstić information content (AvgIpc) is 3.37. The van der Waals surface area contributed by atoms with Gasteiger partial charge in [-0.15, -0.1) is 0 Å². The van der Waals surface area contributed by atoms with Crippen molar-refractivity contribution in [1.29, 1.82) is 0 Å². The van der Waals surface area contributed by atoms with Crippen molar-refractivity contribution in [1.82, 2.24) is 16.0 Å². The van der Waals surface area contributed by atoms with Crippen molar-refractivity contribution in [2.45, 2.75) is 32.7 Å². The first-order chi connectivity index (χ1) is 15.6. The number of anilines is 1. The number of amides is 1. The minimum Gasteiger partial charge on any atom is -0.497 e. The number of nitrogens with one attached hydrogen (secondary N) is 3. The first-order valence-corrected chi connectivity index (χ1v) is 11.4. The fourth-order valence-corrected chi connectivity index (χ4v) is 3.78. The van der Waals surface area contributed by atoms with Crippen molar-refractivity contribution in [3.8, 4) is 5.75 Å². The van der Waals surface area contributed by atoms with E-state index in [1.807, 2.05) is 13.0 Å². The van der Waals surface area contributed by atoms with Crippen molar-refractivity contribution >= 4 is 17.6 Å². The van der Waals surface area contributed by atoms with E-state index in [0.29, 0.717) is 24.4 Å². The molecule has 1 saturated heterocycles. The van der Waals surface area contributed by atoms with Crippen LogP contribution in [0.2, 0.25) is 0 Å². The molecule has 172 valence electrons. The van der Waals surface area contributed by atoms with E-state index in [4.69, 9.17) is 4.74 Å². The van der Waals surface area contributed by atoms with Gasteiger partial charge >= 0.3 is 0 Å². The summed E-state index contributed by atoms with van der Waals surface area (Å²) >= 11 is 0. The van der Waals surface area contributed by atoms with Crippen LogP contribution in [0.5, 0.6) is 5.75 Å². The molecule has 3 N–H and O–H groups in total. The first-order valence-electron chi connectivity index (χ1n) is 11.4. The van der Waals surface area contributed by atoms with E-state index >= 15 is 0 Å².